The fourth-order valence-electron chi connectivity index (χ4n) is 1.65. The summed E-state index contributed by atoms with van der Waals surface area (Å²) in [5.41, 5.74) is 0. The maximum Gasteiger partial charge on any atom is 2.00 e. The van der Waals surface area contributed by atoms with Crippen molar-refractivity contribution in [1.29, 1.82) is 0 Å². The Morgan fingerprint density at radius 2 is 1.78 bits per heavy atom. The molecule has 0 spiro atoms. The Bertz CT molecular complexity index is 682. The van der Waals surface area contributed by atoms with E-state index in [1.165, 1.54) is 13.0 Å². The van der Waals surface area contributed by atoms with Gasteiger partial charge in [-0.1, -0.05) is 43.0 Å². The van der Waals surface area contributed by atoms with Gasteiger partial charge in [-0.15, -0.1) is 0 Å². The molecule has 2 rings (SSSR count). The topological polar surface area (TPSA) is 43.4 Å². The van der Waals surface area contributed by atoms with Crippen molar-refractivity contribution in [1.82, 2.24) is 0 Å². The van der Waals surface area contributed by atoms with Gasteiger partial charge >= 0.3 is 33.2 Å². The average Bonchev–Trinajstić information content (AvgIpc) is 2.26. The molecule has 92 valence electrons. The second-order valence-electron chi connectivity index (χ2n) is 3.72. The number of fused-ring (bicyclic) bond motifs is 1. The van der Waals surface area contributed by atoms with Crippen molar-refractivity contribution in [2.75, 3.05) is 0 Å². The molecule has 5 heteroatoms. The van der Waals surface area contributed by atoms with Crippen molar-refractivity contribution >= 4 is 43.9 Å². The molecule has 0 unspecified atom stereocenters. The van der Waals surface area contributed by atoms with E-state index >= 15 is 0 Å². The van der Waals surface area contributed by atoms with E-state index < -0.39 is 10.1 Å². The van der Waals surface area contributed by atoms with E-state index in [9.17, 15) is 8.42 Å². The molecule has 0 atom stereocenters. The Morgan fingerprint density at radius 1 is 1.17 bits per heavy atom. The molecule has 2 aromatic rings. The van der Waals surface area contributed by atoms with Gasteiger partial charge in [0.25, 0.3) is 0 Å². The molecule has 0 amide bonds. The monoisotopic (exact) mass is 274 g/mol. The van der Waals surface area contributed by atoms with E-state index in [1.807, 2.05) is 18.2 Å². The van der Waals surface area contributed by atoms with Crippen LogP contribution in [0.3, 0.4) is 0 Å². The number of hydrogen-bond donors (Lipinski definition) is 0. The minimum Gasteiger partial charge on any atom is -1.00 e. The van der Waals surface area contributed by atoms with Gasteiger partial charge in [-0.25, -0.2) is 0 Å². The zero-order valence-electron chi connectivity index (χ0n) is 12.1. The van der Waals surface area contributed by atoms with Gasteiger partial charge in [0, 0.05) is 5.39 Å². The first kappa shape index (κ1) is 15.0. The fraction of sp³-hybridized carbons (Fsp3) is 0.0769. The molecular formula is C13H14MgO3S. The van der Waals surface area contributed by atoms with Crippen molar-refractivity contribution in [3.63, 3.8) is 0 Å². The molecule has 18 heavy (non-hydrogen) atoms. The molecular weight excluding hydrogens is 261 g/mol. The summed E-state index contributed by atoms with van der Waals surface area (Å²) in [6.07, 6.45) is 0. The Hall–Kier alpha value is -1.04. The van der Waals surface area contributed by atoms with Crippen LogP contribution in [0.5, 0.6) is 0 Å². The molecule has 0 N–H and O–H groups in total. The molecule has 0 fully saturated rings. The molecule has 0 aliphatic heterocycles. The third kappa shape index (κ3) is 3.04. The van der Waals surface area contributed by atoms with Crippen LogP contribution in [0.4, 0.5) is 0 Å². The summed E-state index contributed by atoms with van der Waals surface area (Å²) < 4.78 is 28.8. The van der Waals surface area contributed by atoms with Gasteiger partial charge in [-0.3, -0.25) is 0 Å². The van der Waals surface area contributed by atoms with Crippen molar-refractivity contribution in [2.45, 2.75) is 11.8 Å². The van der Waals surface area contributed by atoms with Crippen LogP contribution in [0.2, 0.25) is 0 Å². The molecule has 0 bridgehead atoms. The van der Waals surface area contributed by atoms with Crippen LogP contribution in [0.25, 0.3) is 10.8 Å². The quantitative estimate of drug-likeness (QED) is 0.491. The Kier molecular flexibility index (Phi) is 4.78. The van der Waals surface area contributed by atoms with E-state index in [2.05, 4.69) is 6.58 Å². The number of rotatable bonds is 3. The van der Waals surface area contributed by atoms with E-state index in [4.69, 9.17) is 4.18 Å². The summed E-state index contributed by atoms with van der Waals surface area (Å²) in [5.74, 6) is 0.151. The number of allylic oxidation sites excluding steroid dienone is 1. The predicted molar refractivity (Wildman–Crippen MR) is 75.0 cm³/mol. The van der Waals surface area contributed by atoms with Crippen LogP contribution in [0.1, 0.15) is 9.78 Å². The third-order valence-corrected chi connectivity index (χ3v) is 3.67. The summed E-state index contributed by atoms with van der Waals surface area (Å²) in [5, 5.41) is 1.51. The molecule has 0 saturated heterocycles. The van der Waals surface area contributed by atoms with E-state index in [-0.39, 0.29) is 36.6 Å². The van der Waals surface area contributed by atoms with Gasteiger partial charge in [0.2, 0.25) is 0 Å². The summed E-state index contributed by atoms with van der Waals surface area (Å²) in [7, 11) is -3.79. The Labute approximate surface area is 126 Å². The summed E-state index contributed by atoms with van der Waals surface area (Å²) in [4.78, 5) is 0.165. The van der Waals surface area contributed by atoms with Crippen LogP contribution >= 0.6 is 0 Å². The standard InChI is InChI=1S/C13H12O3S.Mg.2H/c1-10(2)16-17(14,15)13-9-5-7-11-6-3-4-8-12(11)13;;;/h3-9H,1H2,2H3;;;/q;+2;2*-1. The first-order valence-corrected chi connectivity index (χ1v) is 6.49. The summed E-state index contributed by atoms with van der Waals surface area (Å²) in [6.45, 7) is 4.95. The van der Waals surface area contributed by atoms with E-state index in [0.29, 0.717) is 5.39 Å². The molecule has 0 aromatic heterocycles. The van der Waals surface area contributed by atoms with Crippen molar-refractivity contribution in [3.05, 3.63) is 54.8 Å². The van der Waals surface area contributed by atoms with Gasteiger partial charge in [0.1, 0.15) is 10.7 Å². The normalized spacial score (nSPS) is 10.7. The average molecular weight is 275 g/mol. The van der Waals surface area contributed by atoms with Gasteiger partial charge in [-0.05, 0) is 18.4 Å². The molecule has 0 radical (unpaired) electrons. The summed E-state index contributed by atoms with van der Waals surface area (Å²) in [6, 6.07) is 12.3. The summed E-state index contributed by atoms with van der Waals surface area (Å²) >= 11 is 0. The van der Waals surface area contributed by atoms with Gasteiger partial charge in [0.05, 0.1) is 0 Å². The minimum atomic E-state index is -3.79. The van der Waals surface area contributed by atoms with Gasteiger partial charge in [-0.2, -0.15) is 8.42 Å². The van der Waals surface area contributed by atoms with Gasteiger partial charge in [0.15, 0.2) is 0 Å². The maximum atomic E-state index is 12.0. The zero-order valence-corrected chi connectivity index (χ0v) is 12.3. The number of benzene rings is 2. The second-order valence-corrected chi connectivity index (χ2v) is 5.23. The molecule has 0 aliphatic rings. The molecule has 3 nitrogen and oxygen atoms in total. The van der Waals surface area contributed by atoms with Crippen LogP contribution < -0.4 is 0 Å². The van der Waals surface area contributed by atoms with Crippen molar-refractivity contribution < 1.29 is 15.5 Å². The van der Waals surface area contributed by atoms with Gasteiger partial charge < -0.3 is 7.04 Å². The van der Waals surface area contributed by atoms with Crippen LogP contribution in [-0.4, -0.2) is 31.5 Å². The fourth-order valence-corrected chi connectivity index (χ4v) is 2.81. The zero-order chi connectivity index (χ0) is 12.5. The first-order chi connectivity index (χ1) is 8.00. The molecule has 0 saturated carbocycles. The van der Waals surface area contributed by atoms with Crippen LogP contribution in [0.15, 0.2) is 59.7 Å². The van der Waals surface area contributed by atoms with Crippen LogP contribution in [0, 0.1) is 0 Å². The maximum absolute atomic E-state index is 12.0. The van der Waals surface area contributed by atoms with Crippen molar-refractivity contribution in [2.24, 2.45) is 0 Å². The number of hydrogen-bond acceptors (Lipinski definition) is 3. The smallest absolute Gasteiger partial charge is 1.00 e. The third-order valence-electron chi connectivity index (χ3n) is 2.27. The first-order valence-electron chi connectivity index (χ1n) is 5.08. The molecule has 0 aliphatic carbocycles. The van der Waals surface area contributed by atoms with Crippen LogP contribution in [-0.2, 0) is 14.3 Å². The van der Waals surface area contributed by atoms with E-state index in [1.54, 1.807) is 18.2 Å². The Balaban J connectivity index is 0. The predicted octanol–water partition coefficient (Wildman–Crippen LogP) is 2.92. The molecule has 0 heterocycles. The largest absolute Gasteiger partial charge is 2.00 e. The second kappa shape index (κ2) is 5.73. The van der Waals surface area contributed by atoms with Crippen molar-refractivity contribution in [3.8, 4) is 0 Å². The minimum absolute atomic E-state index is 0. The Morgan fingerprint density at radius 3 is 2.44 bits per heavy atom. The SMILES string of the molecule is C=C(C)OS(=O)(=O)c1cccc2ccccc12.[H-].[H-].[Mg+2]. The van der Waals surface area contributed by atoms with E-state index in [0.717, 1.165) is 5.39 Å². The molecule has 2 aromatic carbocycles.